The summed E-state index contributed by atoms with van der Waals surface area (Å²) in [5, 5.41) is 0. The predicted molar refractivity (Wildman–Crippen MR) is 8.66 cm³/mol. The molecule has 0 aromatic heterocycles. The largest absolute Gasteiger partial charge is 2.00 e. The summed E-state index contributed by atoms with van der Waals surface area (Å²) in [6.45, 7) is 0. The van der Waals surface area contributed by atoms with E-state index in [4.69, 9.17) is 3.57 Å². The van der Waals surface area contributed by atoms with Gasteiger partial charge in [-0.05, 0) is 0 Å². The molecule has 5 heteroatoms. The van der Waals surface area contributed by atoms with Crippen molar-refractivity contribution < 1.29 is 77.1 Å². The fourth-order valence-electron chi connectivity index (χ4n) is 0. The van der Waals surface area contributed by atoms with Crippen LogP contribution in [0.25, 0.3) is 0 Å². The molecule has 0 saturated heterocycles. The molecule has 0 rings (SSSR count). The standard InChI is InChI=1S/Co.La.O.Sr.Zn.2H/q;;;+2;;2*-1. The molecular weight excluding hydrogens is 367 g/mol. The zero-order chi connectivity index (χ0) is 2.00. The predicted octanol–water partition coefficient (Wildman–Crippen LogP) is -0.280. The zero-order valence-corrected chi connectivity index (χ0v) is 13.8. The minimum absolute atomic E-state index is 0. The fourth-order valence-corrected chi connectivity index (χ4v) is 0. The molecule has 0 aliphatic rings. The van der Waals surface area contributed by atoms with E-state index in [0.717, 1.165) is 0 Å². The van der Waals surface area contributed by atoms with Crippen LogP contribution in [0.4, 0.5) is 0 Å². The Bertz CT molecular complexity index is 17.7. The molecular formula is H2CoLaOSrZn. The second-order valence-electron chi connectivity index (χ2n) is 0. The van der Waals surface area contributed by atoms with Crippen LogP contribution in [-0.4, -0.2) is 45.5 Å². The molecule has 0 aliphatic heterocycles. The van der Waals surface area contributed by atoms with Gasteiger partial charge in [-0.2, -0.15) is 0 Å². The van der Waals surface area contributed by atoms with Crippen molar-refractivity contribution in [1.82, 2.24) is 0 Å². The SMILES string of the molecule is [Co].[H-].[H-].[La].[O]=[Zn].[Sr+2]. The fraction of sp³-hybridized carbons (Fsp3) is 0. The van der Waals surface area contributed by atoms with Crippen molar-refractivity contribution in [2.45, 2.75) is 0 Å². The first-order valence-electron chi connectivity index (χ1n) is 0.289. The second kappa shape index (κ2) is 25.5. The van der Waals surface area contributed by atoms with Gasteiger partial charge in [0, 0.05) is 52.4 Å². The molecule has 24 valence electrons. The maximum absolute atomic E-state index is 8.38. The molecule has 5 heavy (non-hydrogen) atoms. The van der Waals surface area contributed by atoms with Crippen LogP contribution in [0.1, 0.15) is 2.85 Å². The number of hydrogen-bond acceptors (Lipinski definition) is 1. The monoisotopic (exact) mass is 368 g/mol. The molecule has 0 spiro atoms. The van der Waals surface area contributed by atoms with E-state index < -0.39 is 0 Å². The molecule has 0 atom stereocenters. The molecule has 0 heterocycles. The Hall–Kier alpha value is 3.61. The van der Waals surface area contributed by atoms with E-state index in [9.17, 15) is 0 Å². The van der Waals surface area contributed by atoms with E-state index in [1.54, 1.807) is 0 Å². The molecule has 0 fully saturated rings. The van der Waals surface area contributed by atoms with Gasteiger partial charge in [0.1, 0.15) is 0 Å². The molecule has 0 N–H and O–H groups in total. The van der Waals surface area contributed by atoms with E-state index in [1.165, 1.54) is 0 Å². The summed E-state index contributed by atoms with van der Waals surface area (Å²) >= 11 is 0.125. The van der Waals surface area contributed by atoms with Crippen LogP contribution >= 0.6 is 0 Å². The van der Waals surface area contributed by atoms with Crippen molar-refractivity contribution in [1.29, 1.82) is 0 Å². The van der Waals surface area contributed by atoms with Crippen LogP contribution < -0.4 is 0 Å². The quantitative estimate of drug-likeness (QED) is 0.538. The Balaban J connectivity index is -0.000000000500. The Morgan fingerprint density at radius 2 is 1.40 bits per heavy atom. The topological polar surface area (TPSA) is 17.1 Å². The Morgan fingerprint density at radius 3 is 1.40 bits per heavy atom. The van der Waals surface area contributed by atoms with E-state index in [1.807, 2.05) is 0 Å². The van der Waals surface area contributed by atoms with Gasteiger partial charge < -0.3 is 2.85 Å². The minimum Gasteiger partial charge on any atom is 2.00 e. The first kappa shape index (κ1) is 23.5. The number of rotatable bonds is 0. The molecule has 0 saturated carbocycles. The van der Waals surface area contributed by atoms with Crippen LogP contribution in [0.15, 0.2) is 0 Å². The maximum Gasteiger partial charge on any atom is 2.00 e. The summed E-state index contributed by atoms with van der Waals surface area (Å²) < 4.78 is 8.38. The first-order valence-corrected chi connectivity index (χ1v) is 1.50. The summed E-state index contributed by atoms with van der Waals surface area (Å²) in [5.74, 6) is 0. The molecule has 0 aromatic carbocycles. The van der Waals surface area contributed by atoms with Crippen LogP contribution in [0.5, 0.6) is 0 Å². The molecule has 0 unspecified atom stereocenters. The third-order valence-electron chi connectivity index (χ3n) is 0. The first-order chi connectivity index (χ1) is 1.00. The van der Waals surface area contributed by atoms with Gasteiger partial charge in [-0.15, -0.1) is 0 Å². The molecule has 2 radical (unpaired) electrons. The number of hydrogen-bond donors (Lipinski definition) is 0. The zero-order valence-electron chi connectivity index (χ0n) is 4.73. The van der Waals surface area contributed by atoms with Gasteiger partial charge in [-0.3, -0.25) is 0 Å². The summed E-state index contributed by atoms with van der Waals surface area (Å²) in [6.07, 6.45) is 0. The van der Waals surface area contributed by atoms with Gasteiger partial charge in [-0.25, -0.2) is 0 Å². The molecule has 1 nitrogen and oxygen atoms in total. The smallest absolute Gasteiger partial charge is 2.00 e. The third-order valence-corrected chi connectivity index (χ3v) is 0. The van der Waals surface area contributed by atoms with Gasteiger partial charge in [-0.1, -0.05) is 0 Å². The van der Waals surface area contributed by atoms with Crippen molar-refractivity contribution in [3.05, 3.63) is 0 Å². The average molecular weight is 369 g/mol. The normalized spacial score (nSPS) is 1.20. The van der Waals surface area contributed by atoms with Gasteiger partial charge in [0.15, 0.2) is 0 Å². The molecule has 0 aromatic rings. The van der Waals surface area contributed by atoms with E-state index in [0.29, 0.717) is 0 Å². The Labute approximate surface area is 119 Å². The van der Waals surface area contributed by atoms with Crippen molar-refractivity contribution >= 4 is 45.5 Å². The van der Waals surface area contributed by atoms with Gasteiger partial charge in [0.2, 0.25) is 0 Å². The second-order valence-corrected chi connectivity index (χ2v) is 0. The van der Waals surface area contributed by atoms with Crippen LogP contribution in [0, 0.1) is 35.6 Å². The van der Waals surface area contributed by atoms with E-state index in [2.05, 4.69) is 0 Å². The van der Waals surface area contributed by atoms with Crippen molar-refractivity contribution in [2.75, 3.05) is 0 Å². The molecule has 0 amide bonds. The molecule has 0 bridgehead atoms. The Morgan fingerprint density at radius 1 is 1.40 bits per heavy atom. The maximum atomic E-state index is 8.38. The van der Waals surface area contributed by atoms with E-state index in [-0.39, 0.29) is 119 Å². The molecule has 0 aliphatic carbocycles. The van der Waals surface area contributed by atoms with Crippen LogP contribution in [-0.2, 0) is 38.6 Å². The van der Waals surface area contributed by atoms with Gasteiger partial charge in [0.25, 0.3) is 0 Å². The summed E-state index contributed by atoms with van der Waals surface area (Å²) in [4.78, 5) is 0. The van der Waals surface area contributed by atoms with Crippen molar-refractivity contribution in [3.8, 4) is 0 Å². The summed E-state index contributed by atoms with van der Waals surface area (Å²) in [7, 11) is 0. The third kappa shape index (κ3) is 18.4. The van der Waals surface area contributed by atoms with Gasteiger partial charge >= 0.3 is 67.3 Å². The summed E-state index contributed by atoms with van der Waals surface area (Å²) in [6, 6.07) is 0. The van der Waals surface area contributed by atoms with Crippen molar-refractivity contribution in [3.63, 3.8) is 0 Å². The Kier molecular flexibility index (Phi) is 120. The average Bonchev–Trinajstić information content (AvgIpc) is 1.00. The van der Waals surface area contributed by atoms with Crippen LogP contribution in [0.2, 0.25) is 0 Å². The van der Waals surface area contributed by atoms with Crippen LogP contribution in [0.3, 0.4) is 0 Å². The van der Waals surface area contributed by atoms with Crippen molar-refractivity contribution in [2.24, 2.45) is 0 Å². The summed E-state index contributed by atoms with van der Waals surface area (Å²) in [5.41, 5.74) is 0. The minimum atomic E-state index is 0. The van der Waals surface area contributed by atoms with E-state index >= 15 is 0 Å². The van der Waals surface area contributed by atoms with Gasteiger partial charge in [0.05, 0.1) is 0 Å².